The largest absolute Gasteiger partial charge is 0.490 e. The van der Waals surface area contributed by atoms with E-state index in [0.29, 0.717) is 11.3 Å². The number of alkyl halides is 3. The van der Waals surface area contributed by atoms with Crippen LogP contribution in [0.5, 0.6) is 0 Å². The molecule has 10 heteroatoms. The highest BCUT2D eigenvalue weighted by molar-refractivity contribution is 5.94. The lowest BCUT2D eigenvalue weighted by Gasteiger charge is -2.02. The van der Waals surface area contributed by atoms with E-state index in [1.807, 2.05) is 36.4 Å². The standard InChI is InChI=1S/C21H18N4O.C2HF3O2/c22-20-9-7-17(8-10-20)21(26)24-11-1-2-15-3-5-19-13-16(14-25-23)4-6-18(19)12-15;3-2(4,5)1(6)7/h3-10,12-14H,11,22-23H2,(H,24,26);(H,6,7)/b25-14-;. The maximum atomic E-state index is 12.0. The SMILES string of the molecule is N/N=C\c1ccc2cc(C#CCNC(=O)c3ccc(N)cc3)ccc2c1.O=C(O)C(F)(F)F. The Bertz CT molecular complexity index is 1230. The van der Waals surface area contributed by atoms with Crippen LogP contribution in [0, 0.1) is 11.8 Å². The predicted octanol–water partition coefficient (Wildman–Crippen LogP) is 3.13. The third-order valence-electron chi connectivity index (χ3n) is 4.07. The van der Waals surface area contributed by atoms with Gasteiger partial charge in [0, 0.05) is 16.8 Å². The summed E-state index contributed by atoms with van der Waals surface area (Å²) in [5, 5.41) is 15.6. The second kappa shape index (κ2) is 11.2. The van der Waals surface area contributed by atoms with E-state index in [1.54, 1.807) is 30.5 Å². The fourth-order valence-electron chi connectivity index (χ4n) is 2.52. The number of halogens is 3. The van der Waals surface area contributed by atoms with Crippen LogP contribution in [0.4, 0.5) is 18.9 Å². The lowest BCUT2D eigenvalue weighted by atomic mass is 10.0. The van der Waals surface area contributed by atoms with Gasteiger partial charge in [0.15, 0.2) is 0 Å². The number of nitrogens with zero attached hydrogens (tertiary/aromatic N) is 1. The first kappa shape index (κ1) is 24.7. The van der Waals surface area contributed by atoms with E-state index >= 15 is 0 Å². The summed E-state index contributed by atoms with van der Waals surface area (Å²) < 4.78 is 31.7. The van der Waals surface area contributed by atoms with Crippen LogP contribution in [0.15, 0.2) is 65.8 Å². The molecule has 0 heterocycles. The fourth-order valence-corrected chi connectivity index (χ4v) is 2.52. The number of nitrogen functional groups attached to an aromatic ring is 1. The van der Waals surface area contributed by atoms with E-state index in [-0.39, 0.29) is 12.5 Å². The topological polar surface area (TPSA) is 131 Å². The van der Waals surface area contributed by atoms with Crippen LogP contribution in [0.3, 0.4) is 0 Å². The van der Waals surface area contributed by atoms with E-state index in [0.717, 1.165) is 21.9 Å². The van der Waals surface area contributed by atoms with E-state index in [2.05, 4.69) is 22.3 Å². The highest BCUT2D eigenvalue weighted by Gasteiger charge is 2.38. The van der Waals surface area contributed by atoms with Crippen molar-refractivity contribution in [1.29, 1.82) is 0 Å². The average molecular weight is 456 g/mol. The van der Waals surface area contributed by atoms with Gasteiger partial charge >= 0.3 is 12.1 Å². The minimum Gasteiger partial charge on any atom is -0.475 e. The Morgan fingerprint density at radius 3 is 2.24 bits per heavy atom. The number of benzene rings is 3. The number of carboxylic acid groups (broad SMARTS) is 1. The quantitative estimate of drug-likeness (QED) is 0.158. The van der Waals surface area contributed by atoms with Crippen molar-refractivity contribution in [2.45, 2.75) is 6.18 Å². The van der Waals surface area contributed by atoms with Crippen LogP contribution in [0.1, 0.15) is 21.5 Å². The Morgan fingerprint density at radius 2 is 1.64 bits per heavy atom. The summed E-state index contributed by atoms with van der Waals surface area (Å²) in [5.74, 6) is 8.27. The van der Waals surface area contributed by atoms with Crippen LogP contribution in [-0.4, -0.2) is 35.9 Å². The molecule has 33 heavy (non-hydrogen) atoms. The molecular formula is C23H19F3N4O3. The molecular weight excluding hydrogens is 437 g/mol. The van der Waals surface area contributed by atoms with Crippen molar-refractivity contribution in [2.24, 2.45) is 10.9 Å². The summed E-state index contributed by atoms with van der Waals surface area (Å²) in [4.78, 5) is 20.9. The van der Waals surface area contributed by atoms with Gasteiger partial charge in [-0.1, -0.05) is 30.0 Å². The van der Waals surface area contributed by atoms with Gasteiger partial charge in [-0.25, -0.2) is 4.79 Å². The van der Waals surface area contributed by atoms with Gasteiger partial charge in [0.25, 0.3) is 5.91 Å². The molecule has 0 unspecified atom stereocenters. The van der Waals surface area contributed by atoms with Crippen molar-refractivity contribution in [3.05, 3.63) is 77.4 Å². The number of fused-ring (bicyclic) bond motifs is 1. The molecule has 0 aliphatic rings. The number of carbonyl (C=O) groups is 2. The number of anilines is 1. The van der Waals surface area contributed by atoms with Gasteiger partial charge in [-0.2, -0.15) is 18.3 Å². The Kier molecular flexibility index (Phi) is 8.40. The Balaban J connectivity index is 0.000000479. The average Bonchev–Trinajstić information content (AvgIpc) is 2.77. The number of nitrogens with one attached hydrogen (secondary N) is 1. The number of carbonyl (C=O) groups excluding carboxylic acids is 1. The zero-order valence-electron chi connectivity index (χ0n) is 17.1. The number of carboxylic acids is 1. The Hall–Kier alpha value is -4.52. The molecule has 170 valence electrons. The molecule has 0 aliphatic heterocycles. The van der Waals surface area contributed by atoms with Crippen molar-refractivity contribution < 1.29 is 27.9 Å². The number of nitrogens with two attached hydrogens (primary N) is 2. The van der Waals surface area contributed by atoms with Gasteiger partial charge in [-0.3, -0.25) is 4.79 Å². The summed E-state index contributed by atoms with van der Waals surface area (Å²) in [6.45, 7) is 0.271. The third kappa shape index (κ3) is 7.91. The van der Waals surface area contributed by atoms with E-state index in [1.165, 1.54) is 0 Å². The van der Waals surface area contributed by atoms with Gasteiger partial charge in [0.05, 0.1) is 12.8 Å². The minimum absolute atomic E-state index is 0.174. The first-order valence-electron chi connectivity index (χ1n) is 9.30. The first-order chi connectivity index (χ1) is 15.6. The summed E-state index contributed by atoms with van der Waals surface area (Å²) >= 11 is 0. The zero-order valence-corrected chi connectivity index (χ0v) is 17.1. The van der Waals surface area contributed by atoms with E-state index < -0.39 is 12.1 Å². The molecule has 1 amide bonds. The number of aliphatic carboxylic acids is 1. The maximum absolute atomic E-state index is 12.0. The van der Waals surface area contributed by atoms with Crippen LogP contribution >= 0.6 is 0 Å². The second-order valence-electron chi connectivity index (χ2n) is 6.51. The molecule has 6 N–H and O–H groups in total. The molecule has 0 radical (unpaired) electrons. The molecule has 0 bridgehead atoms. The molecule has 3 rings (SSSR count). The molecule has 0 spiro atoms. The molecule has 0 aliphatic carbocycles. The summed E-state index contributed by atoms with van der Waals surface area (Å²) in [6, 6.07) is 18.7. The molecule has 0 saturated heterocycles. The van der Waals surface area contributed by atoms with E-state index in [9.17, 15) is 18.0 Å². The van der Waals surface area contributed by atoms with E-state index in [4.69, 9.17) is 21.5 Å². The van der Waals surface area contributed by atoms with Crippen LogP contribution in [0.2, 0.25) is 0 Å². The normalized spacial score (nSPS) is 10.6. The number of hydrogen-bond donors (Lipinski definition) is 4. The van der Waals surface area contributed by atoms with Gasteiger partial charge in [-0.05, 0) is 58.8 Å². The van der Waals surface area contributed by atoms with Crippen molar-refractivity contribution in [2.75, 3.05) is 12.3 Å². The molecule has 0 fully saturated rings. The number of hydrogen-bond acceptors (Lipinski definition) is 5. The lowest BCUT2D eigenvalue weighted by Crippen LogP contribution is -2.23. The highest BCUT2D eigenvalue weighted by atomic mass is 19.4. The van der Waals surface area contributed by atoms with Gasteiger partial charge in [0.1, 0.15) is 0 Å². The van der Waals surface area contributed by atoms with Crippen molar-refractivity contribution in [1.82, 2.24) is 5.32 Å². The fraction of sp³-hybridized carbons (Fsp3) is 0.0870. The van der Waals surface area contributed by atoms with Crippen LogP contribution in [-0.2, 0) is 4.79 Å². The zero-order chi connectivity index (χ0) is 24.4. The minimum atomic E-state index is -5.08. The number of rotatable bonds is 3. The maximum Gasteiger partial charge on any atom is 0.490 e. The Morgan fingerprint density at radius 1 is 1.03 bits per heavy atom. The van der Waals surface area contributed by atoms with Gasteiger partial charge < -0.3 is 22.0 Å². The Labute approximate surface area is 186 Å². The summed E-state index contributed by atoms with van der Waals surface area (Å²) in [5.41, 5.74) is 8.63. The highest BCUT2D eigenvalue weighted by Crippen LogP contribution is 2.17. The first-order valence-corrected chi connectivity index (χ1v) is 9.30. The van der Waals surface area contributed by atoms with Crippen molar-refractivity contribution in [3.8, 4) is 11.8 Å². The second-order valence-corrected chi connectivity index (χ2v) is 6.51. The summed E-state index contributed by atoms with van der Waals surface area (Å²) in [6.07, 6.45) is -3.48. The molecule has 3 aromatic rings. The third-order valence-corrected chi connectivity index (χ3v) is 4.07. The molecule has 0 atom stereocenters. The monoisotopic (exact) mass is 456 g/mol. The van der Waals surface area contributed by atoms with Gasteiger partial charge in [-0.15, -0.1) is 0 Å². The molecule has 0 saturated carbocycles. The van der Waals surface area contributed by atoms with Crippen molar-refractivity contribution >= 4 is 34.6 Å². The van der Waals surface area contributed by atoms with Gasteiger partial charge in [0.2, 0.25) is 0 Å². The summed E-state index contributed by atoms with van der Waals surface area (Å²) in [7, 11) is 0. The molecule has 7 nitrogen and oxygen atoms in total. The van der Waals surface area contributed by atoms with Crippen molar-refractivity contribution in [3.63, 3.8) is 0 Å². The number of amides is 1. The van der Waals surface area contributed by atoms with Crippen LogP contribution in [0.25, 0.3) is 10.8 Å². The number of hydrazone groups is 1. The molecule has 3 aromatic carbocycles. The molecule has 0 aromatic heterocycles. The van der Waals surface area contributed by atoms with Crippen LogP contribution < -0.4 is 16.9 Å². The predicted molar refractivity (Wildman–Crippen MR) is 119 cm³/mol. The lowest BCUT2D eigenvalue weighted by molar-refractivity contribution is -0.192. The smallest absolute Gasteiger partial charge is 0.475 e.